The van der Waals surface area contributed by atoms with E-state index in [2.05, 4.69) is 0 Å². The average molecular weight is 445 g/mol. The molecule has 168 valence electrons. The summed E-state index contributed by atoms with van der Waals surface area (Å²) >= 11 is 0. The molecule has 0 bridgehead atoms. The number of fused-ring (bicyclic) bond motifs is 3. The molecule has 0 spiro atoms. The van der Waals surface area contributed by atoms with E-state index in [9.17, 15) is 14.4 Å². The lowest BCUT2D eigenvalue weighted by molar-refractivity contribution is -0.143. The van der Waals surface area contributed by atoms with Crippen LogP contribution in [0, 0.1) is 0 Å². The van der Waals surface area contributed by atoms with Gasteiger partial charge < -0.3 is 9.47 Å². The molecule has 33 heavy (non-hydrogen) atoms. The lowest BCUT2D eigenvalue weighted by Gasteiger charge is -2.23. The van der Waals surface area contributed by atoms with Crippen LogP contribution in [-0.4, -0.2) is 32.6 Å². The van der Waals surface area contributed by atoms with Crippen LogP contribution in [0.15, 0.2) is 94.1 Å². The number of para-hydroxylation sites is 1. The van der Waals surface area contributed by atoms with Gasteiger partial charge in [-0.15, -0.1) is 0 Å². The van der Waals surface area contributed by atoms with Gasteiger partial charge in [0.15, 0.2) is 0 Å². The van der Waals surface area contributed by atoms with Crippen molar-refractivity contribution in [3.63, 3.8) is 0 Å². The Morgan fingerprint density at radius 1 is 1.03 bits per heavy atom. The van der Waals surface area contributed by atoms with Crippen molar-refractivity contribution in [2.75, 3.05) is 6.61 Å². The molecule has 2 aliphatic heterocycles. The first kappa shape index (κ1) is 21.0. The van der Waals surface area contributed by atoms with Crippen LogP contribution in [0.3, 0.4) is 0 Å². The Morgan fingerprint density at radius 3 is 2.52 bits per heavy atom. The molecular formula is C25H23N3O5. The van der Waals surface area contributed by atoms with Crippen LogP contribution in [0.4, 0.5) is 0 Å². The third kappa shape index (κ3) is 4.01. The maximum Gasteiger partial charge on any atom is 0.352 e. The second-order valence-electron chi connectivity index (χ2n) is 7.94. The Kier molecular flexibility index (Phi) is 5.66. The molecule has 3 aromatic rings. The minimum Gasteiger partial charge on any atom is -0.461 e. The number of carbonyl (C=O) groups is 1. The molecule has 1 fully saturated rings. The molecule has 2 unspecified atom stereocenters. The number of aromatic nitrogens is 3. The zero-order valence-electron chi connectivity index (χ0n) is 17.9. The van der Waals surface area contributed by atoms with E-state index in [4.69, 9.17) is 9.47 Å². The predicted molar refractivity (Wildman–Crippen MR) is 121 cm³/mol. The topological polar surface area (TPSA) is 84.5 Å². The number of carbonyl (C=O) groups excluding carboxylic acids is 1. The largest absolute Gasteiger partial charge is 0.461 e. The first-order valence-corrected chi connectivity index (χ1v) is 10.8. The predicted octanol–water partition coefficient (Wildman–Crippen LogP) is 2.37. The van der Waals surface area contributed by atoms with E-state index in [0.717, 1.165) is 11.1 Å². The van der Waals surface area contributed by atoms with Gasteiger partial charge in [0.1, 0.15) is 18.8 Å². The fourth-order valence-corrected chi connectivity index (χ4v) is 4.24. The second kappa shape index (κ2) is 8.91. The van der Waals surface area contributed by atoms with Crippen LogP contribution < -0.4 is 11.4 Å². The van der Waals surface area contributed by atoms with Crippen molar-refractivity contribution in [3.8, 4) is 5.69 Å². The van der Waals surface area contributed by atoms with E-state index >= 15 is 0 Å². The molecular weight excluding hydrogens is 422 g/mol. The number of ether oxygens (including phenoxy) is 2. The van der Waals surface area contributed by atoms with E-state index in [1.807, 2.05) is 42.5 Å². The zero-order valence-corrected chi connectivity index (χ0v) is 17.9. The molecule has 0 N–H and O–H groups in total. The highest BCUT2D eigenvalue weighted by Gasteiger charge is 2.38. The molecule has 0 aliphatic carbocycles. The van der Waals surface area contributed by atoms with Gasteiger partial charge in [0.05, 0.1) is 25.3 Å². The molecule has 0 amide bonds. The van der Waals surface area contributed by atoms with Crippen LogP contribution in [0.1, 0.15) is 18.0 Å². The smallest absolute Gasteiger partial charge is 0.352 e. The van der Waals surface area contributed by atoms with Gasteiger partial charge in [-0.25, -0.2) is 23.5 Å². The monoisotopic (exact) mass is 445 g/mol. The van der Waals surface area contributed by atoms with Crippen LogP contribution in [-0.2, 0) is 27.4 Å². The number of rotatable bonds is 6. The average Bonchev–Trinajstić information content (AvgIpc) is 3.37. The van der Waals surface area contributed by atoms with E-state index < -0.39 is 17.8 Å². The zero-order chi connectivity index (χ0) is 22.8. The molecule has 0 saturated carbocycles. The number of hydrogen-bond donors (Lipinski definition) is 0. The third-order valence-electron chi connectivity index (χ3n) is 5.85. The van der Waals surface area contributed by atoms with Gasteiger partial charge in [-0.3, -0.25) is 4.79 Å². The molecule has 2 atom stereocenters. The molecule has 3 heterocycles. The maximum atomic E-state index is 13.2. The van der Waals surface area contributed by atoms with E-state index in [1.54, 1.807) is 36.4 Å². The lowest BCUT2D eigenvalue weighted by Crippen LogP contribution is -2.37. The number of allylic oxidation sites excluding steroid dienone is 1. The Balaban J connectivity index is 1.33. The molecule has 2 aromatic carbocycles. The van der Waals surface area contributed by atoms with Crippen molar-refractivity contribution < 1.29 is 14.3 Å². The number of benzene rings is 2. The summed E-state index contributed by atoms with van der Waals surface area (Å²) in [5.41, 5.74) is 1.60. The fraction of sp³-hybridized carbons (Fsp3) is 0.240. The Hall–Kier alpha value is -3.91. The maximum absolute atomic E-state index is 13.2. The van der Waals surface area contributed by atoms with Crippen molar-refractivity contribution in [1.82, 2.24) is 13.9 Å². The highest BCUT2D eigenvalue weighted by Crippen LogP contribution is 2.33. The fourth-order valence-electron chi connectivity index (χ4n) is 4.24. The Labute approximate surface area is 189 Å². The standard InChI is InChI=1S/C25H23N3O5/c29-22(33-16-18-8-3-1-4-9-18)13-7-12-21-23-19(17-32-21)14-15-26-24(30)27(25(31)28(23)26)20-10-5-2-6-11-20/h1-12,14,21,23H,13,15-17H2/b12-7+. The first-order chi connectivity index (χ1) is 16.1. The Morgan fingerprint density at radius 2 is 1.76 bits per heavy atom. The van der Waals surface area contributed by atoms with E-state index in [-0.39, 0.29) is 24.7 Å². The normalized spacial score (nSPS) is 19.2. The summed E-state index contributed by atoms with van der Waals surface area (Å²) in [5.74, 6) is -0.350. The number of hydrogen-bond acceptors (Lipinski definition) is 5. The summed E-state index contributed by atoms with van der Waals surface area (Å²) in [4.78, 5) is 38.3. The van der Waals surface area contributed by atoms with Crippen molar-refractivity contribution in [1.29, 1.82) is 0 Å². The molecule has 0 radical (unpaired) electrons. The van der Waals surface area contributed by atoms with Gasteiger partial charge >= 0.3 is 17.3 Å². The SMILES string of the molecule is O=C(C/C=C/C1OCC2=CCn3c(=O)n(-c4ccccc4)c(=O)n3C21)OCc1ccccc1. The van der Waals surface area contributed by atoms with Crippen molar-refractivity contribution in [2.24, 2.45) is 0 Å². The van der Waals surface area contributed by atoms with Gasteiger partial charge in [0, 0.05) is 0 Å². The summed E-state index contributed by atoms with van der Waals surface area (Å²) in [6.45, 7) is 0.901. The summed E-state index contributed by atoms with van der Waals surface area (Å²) in [7, 11) is 0. The molecule has 8 nitrogen and oxygen atoms in total. The van der Waals surface area contributed by atoms with Crippen LogP contribution in [0.5, 0.6) is 0 Å². The van der Waals surface area contributed by atoms with Crippen molar-refractivity contribution >= 4 is 5.97 Å². The summed E-state index contributed by atoms with van der Waals surface area (Å²) in [5, 5.41) is 0. The minimum absolute atomic E-state index is 0.0885. The van der Waals surface area contributed by atoms with Crippen LogP contribution >= 0.6 is 0 Å². The summed E-state index contributed by atoms with van der Waals surface area (Å²) in [6.07, 6.45) is 5.01. The van der Waals surface area contributed by atoms with Crippen molar-refractivity contribution in [2.45, 2.75) is 31.7 Å². The van der Waals surface area contributed by atoms with Crippen LogP contribution in [0.25, 0.3) is 5.69 Å². The summed E-state index contributed by atoms with van der Waals surface area (Å²) < 4.78 is 15.3. The van der Waals surface area contributed by atoms with E-state index in [1.165, 1.54) is 13.9 Å². The van der Waals surface area contributed by atoms with Gasteiger partial charge in [-0.1, -0.05) is 66.8 Å². The lowest BCUT2D eigenvalue weighted by atomic mass is 10.0. The highest BCUT2D eigenvalue weighted by molar-refractivity contribution is 5.71. The third-order valence-corrected chi connectivity index (χ3v) is 5.85. The number of nitrogens with zero attached hydrogens (tertiary/aromatic N) is 3. The molecule has 2 aliphatic rings. The summed E-state index contributed by atoms with van der Waals surface area (Å²) in [6, 6.07) is 17.9. The van der Waals surface area contributed by atoms with Gasteiger partial charge in [0.2, 0.25) is 0 Å². The molecule has 1 aromatic heterocycles. The Bertz CT molecular complexity index is 1330. The van der Waals surface area contributed by atoms with Gasteiger partial charge in [0.25, 0.3) is 0 Å². The number of esters is 1. The van der Waals surface area contributed by atoms with Gasteiger partial charge in [-0.2, -0.15) is 0 Å². The van der Waals surface area contributed by atoms with Crippen molar-refractivity contribution in [3.05, 3.63) is 111 Å². The first-order valence-electron chi connectivity index (χ1n) is 10.8. The van der Waals surface area contributed by atoms with E-state index in [0.29, 0.717) is 18.8 Å². The minimum atomic E-state index is -0.464. The molecule has 8 heteroatoms. The molecule has 1 saturated heterocycles. The molecule has 5 rings (SSSR count). The quantitative estimate of drug-likeness (QED) is 0.430. The van der Waals surface area contributed by atoms with Crippen LogP contribution in [0.2, 0.25) is 0 Å². The highest BCUT2D eigenvalue weighted by atomic mass is 16.5. The van der Waals surface area contributed by atoms with Gasteiger partial charge in [-0.05, 0) is 23.3 Å². The second-order valence-corrected chi connectivity index (χ2v) is 7.94.